The first-order chi connectivity index (χ1) is 11.8. The molecule has 9 heteroatoms. The molecule has 0 spiro atoms. The van der Waals surface area contributed by atoms with E-state index in [1.165, 1.54) is 4.68 Å². The molecule has 0 unspecified atom stereocenters. The van der Waals surface area contributed by atoms with Crippen LogP contribution in [-0.2, 0) is 16.1 Å². The van der Waals surface area contributed by atoms with Gasteiger partial charge in [0.2, 0.25) is 5.91 Å². The first kappa shape index (κ1) is 18.9. The van der Waals surface area contributed by atoms with Gasteiger partial charge in [-0.1, -0.05) is 19.3 Å². The zero-order valence-corrected chi connectivity index (χ0v) is 14.5. The Bertz CT molecular complexity index is 670. The van der Waals surface area contributed by atoms with E-state index in [4.69, 9.17) is 0 Å². The van der Waals surface area contributed by atoms with Crippen LogP contribution in [0.15, 0.2) is 0 Å². The normalized spacial score (nSPS) is 20.7. The maximum absolute atomic E-state index is 12.2. The third-order valence-electron chi connectivity index (χ3n) is 4.76. The van der Waals surface area contributed by atoms with Gasteiger partial charge in [0.1, 0.15) is 11.4 Å². The summed E-state index contributed by atoms with van der Waals surface area (Å²) in [7, 11) is 0. The summed E-state index contributed by atoms with van der Waals surface area (Å²) in [5, 5.41) is 27.3. The highest BCUT2D eigenvalue weighted by atomic mass is 16.6. The second-order valence-electron chi connectivity index (χ2n) is 6.51. The maximum atomic E-state index is 12.2. The fourth-order valence-corrected chi connectivity index (χ4v) is 3.43. The number of nitrogens with one attached hydrogen (secondary N) is 1. The lowest BCUT2D eigenvalue weighted by Gasteiger charge is -2.22. The van der Waals surface area contributed by atoms with E-state index in [1.54, 1.807) is 13.8 Å². The number of aryl methyl sites for hydroxylation is 2. The van der Waals surface area contributed by atoms with Crippen LogP contribution in [0.4, 0.5) is 5.69 Å². The van der Waals surface area contributed by atoms with Crippen molar-refractivity contribution in [2.75, 3.05) is 0 Å². The molecule has 1 aromatic rings. The average Bonchev–Trinajstić information content (AvgIpc) is 2.69. The minimum Gasteiger partial charge on any atom is -0.481 e. The van der Waals surface area contributed by atoms with E-state index in [0.717, 1.165) is 19.3 Å². The van der Waals surface area contributed by atoms with Crippen molar-refractivity contribution in [2.45, 2.75) is 65.0 Å². The van der Waals surface area contributed by atoms with Crippen molar-refractivity contribution in [3.8, 4) is 0 Å². The molecule has 25 heavy (non-hydrogen) atoms. The van der Waals surface area contributed by atoms with E-state index >= 15 is 0 Å². The second-order valence-corrected chi connectivity index (χ2v) is 6.51. The van der Waals surface area contributed by atoms with Crippen LogP contribution in [0, 0.1) is 29.9 Å². The minimum atomic E-state index is -0.874. The van der Waals surface area contributed by atoms with Gasteiger partial charge < -0.3 is 10.4 Å². The van der Waals surface area contributed by atoms with Gasteiger partial charge in [0.05, 0.1) is 17.4 Å². The van der Waals surface area contributed by atoms with Gasteiger partial charge in [0, 0.05) is 12.5 Å². The van der Waals surface area contributed by atoms with Crippen LogP contribution >= 0.6 is 0 Å². The van der Waals surface area contributed by atoms with Crippen molar-refractivity contribution in [3.63, 3.8) is 0 Å². The number of carboxylic acid groups (broad SMARTS) is 1. The van der Waals surface area contributed by atoms with Crippen molar-refractivity contribution in [2.24, 2.45) is 5.92 Å². The molecule has 1 heterocycles. The number of amides is 1. The molecule has 0 saturated heterocycles. The molecule has 138 valence electrons. The van der Waals surface area contributed by atoms with Crippen LogP contribution in [0.3, 0.4) is 0 Å². The van der Waals surface area contributed by atoms with Crippen LogP contribution < -0.4 is 5.32 Å². The van der Waals surface area contributed by atoms with E-state index in [1.807, 2.05) is 0 Å². The summed E-state index contributed by atoms with van der Waals surface area (Å²) in [6, 6.07) is -0.359. The minimum absolute atomic E-state index is 0.0323. The molecule has 0 radical (unpaired) electrons. The molecule has 1 aliphatic rings. The molecule has 2 atom stereocenters. The smallest absolute Gasteiger partial charge is 0.312 e. The number of carbonyl (C=O) groups excluding carboxylic acids is 1. The summed E-state index contributed by atoms with van der Waals surface area (Å²) in [4.78, 5) is 34.2. The number of carbonyl (C=O) groups is 2. The van der Waals surface area contributed by atoms with E-state index in [0.29, 0.717) is 24.2 Å². The topological polar surface area (TPSA) is 127 Å². The zero-order chi connectivity index (χ0) is 18.6. The van der Waals surface area contributed by atoms with Crippen molar-refractivity contribution in [1.29, 1.82) is 0 Å². The second kappa shape index (κ2) is 8.09. The summed E-state index contributed by atoms with van der Waals surface area (Å²) in [6.45, 7) is 3.38. The van der Waals surface area contributed by atoms with Crippen molar-refractivity contribution >= 4 is 17.6 Å². The highest BCUT2D eigenvalue weighted by Crippen LogP contribution is 2.24. The lowest BCUT2D eigenvalue weighted by atomic mass is 9.95. The van der Waals surface area contributed by atoms with E-state index in [9.17, 15) is 24.8 Å². The lowest BCUT2D eigenvalue weighted by molar-refractivity contribution is -0.386. The number of aromatic nitrogens is 2. The van der Waals surface area contributed by atoms with Gasteiger partial charge in [0.25, 0.3) is 0 Å². The van der Waals surface area contributed by atoms with Gasteiger partial charge in [-0.05, 0) is 26.7 Å². The Morgan fingerprint density at radius 2 is 2.00 bits per heavy atom. The van der Waals surface area contributed by atoms with Crippen molar-refractivity contribution < 1.29 is 19.6 Å². The number of hydrogen-bond acceptors (Lipinski definition) is 5. The molecule has 2 N–H and O–H groups in total. The Morgan fingerprint density at radius 1 is 1.32 bits per heavy atom. The predicted molar refractivity (Wildman–Crippen MR) is 89.1 cm³/mol. The number of rotatable bonds is 6. The first-order valence-corrected chi connectivity index (χ1v) is 8.51. The van der Waals surface area contributed by atoms with Gasteiger partial charge in [-0.25, -0.2) is 0 Å². The van der Waals surface area contributed by atoms with Gasteiger partial charge in [-0.15, -0.1) is 0 Å². The molecule has 9 nitrogen and oxygen atoms in total. The van der Waals surface area contributed by atoms with Crippen molar-refractivity contribution in [1.82, 2.24) is 15.1 Å². The average molecular weight is 352 g/mol. The fourth-order valence-electron chi connectivity index (χ4n) is 3.43. The molecule has 1 saturated carbocycles. The SMILES string of the molecule is Cc1nn(CCC(=O)N[C@H]2CCCCC[C@H]2C(=O)O)c(C)c1[N+](=O)[O-]. The van der Waals surface area contributed by atoms with Crippen LogP contribution in [0.1, 0.15) is 49.9 Å². The van der Waals surface area contributed by atoms with Gasteiger partial charge in [0.15, 0.2) is 0 Å². The van der Waals surface area contributed by atoms with Gasteiger partial charge in [-0.3, -0.25) is 24.4 Å². The molecule has 0 aromatic carbocycles. The largest absolute Gasteiger partial charge is 0.481 e. The van der Waals surface area contributed by atoms with E-state index < -0.39 is 16.8 Å². The molecular formula is C16H24N4O5. The van der Waals surface area contributed by atoms with Crippen molar-refractivity contribution in [3.05, 3.63) is 21.5 Å². The highest BCUT2D eigenvalue weighted by Gasteiger charge is 2.30. The van der Waals surface area contributed by atoms with Crippen LogP contribution in [0.2, 0.25) is 0 Å². The molecule has 2 rings (SSSR count). The quantitative estimate of drug-likeness (QED) is 0.457. The Labute approximate surface area is 145 Å². The monoisotopic (exact) mass is 352 g/mol. The van der Waals surface area contributed by atoms with Crippen LogP contribution in [0.25, 0.3) is 0 Å². The molecule has 1 aliphatic carbocycles. The standard InChI is InChI=1S/C16H24N4O5/c1-10-15(20(24)25)11(2)19(18-10)9-8-14(21)17-13-7-5-3-4-6-12(13)16(22)23/h12-13H,3-9H2,1-2H3,(H,17,21)(H,22,23)/t12-,13+/m1/s1. The Hall–Kier alpha value is -2.45. The summed E-state index contributed by atoms with van der Waals surface area (Å²) < 4.78 is 1.45. The zero-order valence-electron chi connectivity index (χ0n) is 14.5. The van der Waals surface area contributed by atoms with E-state index in [2.05, 4.69) is 10.4 Å². The fraction of sp³-hybridized carbons (Fsp3) is 0.688. The molecule has 1 amide bonds. The molecule has 1 fully saturated rings. The number of aliphatic carboxylic acids is 1. The maximum Gasteiger partial charge on any atom is 0.312 e. The summed E-state index contributed by atoms with van der Waals surface area (Å²) in [6.07, 6.45) is 4.07. The van der Waals surface area contributed by atoms with Gasteiger partial charge in [-0.2, -0.15) is 5.10 Å². The Morgan fingerprint density at radius 3 is 2.60 bits per heavy atom. The first-order valence-electron chi connectivity index (χ1n) is 8.51. The predicted octanol–water partition coefficient (Wildman–Crippen LogP) is 1.95. The number of hydrogen-bond donors (Lipinski definition) is 2. The Kier molecular flexibility index (Phi) is 6.11. The molecule has 1 aromatic heterocycles. The van der Waals surface area contributed by atoms with Gasteiger partial charge >= 0.3 is 11.7 Å². The molecule has 0 aliphatic heterocycles. The lowest BCUT2D eigenvalue weighted by Crippen LogP contribution is -2.43. The van der Waals surface area contributed by atoms with E-state index in [-0.39, 0.29) is 30.6 Å². The summed E-state index contributed by atoms with van der Waals surface area (Å²) in [5.74, 6) is -1.68. The number of nitrogens with zero attached hydrogens (tertiary/aromatic N) is 3. The summed E-state index contributed by atoms with van der Waals surface area (Å²) in [5.41, 5.74) is 0.695. The third-order valence-corrected chi connectivity index (χ3v) is 4.76. The third kappa shape index (κ3) is 4.55. The van der Waals surface area contributed by atoms with Crippen LogP contribution in [-0.4, -0.2) is 37.7 Å². The number of nitro groups is 1. The summed E-state index contributed by atoms with van der Waals surface area (Å²) >= 11 is 0. The van der Waals surface area contributed by atoms with Crippen LogP contribution in [0.5, 0.6) is 0 Å². The highest BCUT2D eigenvalue weighted by molar-refractivity contribution is 5.78. The Balaban J connectivity index is 1.97. The molecular weight excluding hydrogens is 328 g/mol. The molecule has 0 bridgehead atoms. The number of carboxylic acids is 1.